The number of aliphatic carboxylic acids is 1. The minimum atomic E-state index is -0.919. The Morgan fingerprint density at radius 1 is 1.14 bits per heavy atom. The molecule has 1 heterocycles. The summed E-state index contributed by atoms with van der Waals surface area (Å²) in [7, 11) is 0. The van der Waals surface area contributed by atoms with E-state index in [-0.39, 0.29) is 18.0 Å². The smallest absolute Gasteiger partial charge is 0.321 e. The van der Waals surface area contributed by atoms with E-state index in [0.717, 1.165) is 0 Å². The molecule has 2 aliphatic rings. The van der Waals surface area contributed by atoms with E-state index in [4.69, 9.17) is 23.2 Å². The molecule has 2 fully saturated rings. The van der Waals surface area contributed by atoms with E-state index >= 15 is 0 Å². The van der Waals surface area contributed by atoms with Gasteiger partial charge in [0.2, 0.25) is 5.16 Å². The van der Waals surface area contributed by atoms with Crippen molar-refractivity contribution in [3.63, 3.8) is 0 Å². The van der Waals surface area contributed by atoms with Gasteiger partial charge in [0.1, 0.15) is 11.2 Å². The third-order valence-electron chi connectivity index (χ3n) is 6.10. The van der Waals surface area contributed by atoms with Crippen LogP contribution in [0.3, 0.4) is 0 Å². The summed E-state index contributed by atoms with van der Waals surface area (Å²) < 4.78 is 1.54. The number of rotatable bonds is 8. The highest BCUT2D eigenvalue weighted by Crippen LogP contribution is 2.45. The molecule has 7 nitrogen and oxygen atoms in total. The summed E-state index contributed by atoms with van der Waals surface area (Å²) in [5.74, 6) is 5.56. The maximum Gasteiger partial charge on any atom is 0.321 e. The minimum Gasteiger partial charge on any atom is -0.480 e. The van der Waals surface area contributed by atoms with Gasteiger partial charge in [0.25, 0.3) is 0 Å². The zero-order valence-corrected chi connectivity index (χ0v) is 20.8. The maximum atomic E-state index is 12.6. The van der Waals surface area contributed by atoms with E-state index in [1.54, 1.807) is 22.9 Å². The van der Waals surface area contributed by atoms with Gasteiger partial charge in [-0.1, -0.05) is 58.9 Å². The van der Waals surface area contributed by atoms with E-state index in [9.17, 15) is 14.7 Å². The highest BCUT2D eigenvalue weighted by atomic mass is 35.5. The molecule has 3 aromatic rings. The van der Waals surface area contributed by atoms with E-state index in [1.807, 2.05) is 18.2 Å². The number of Topliss-reactive ketones (excluding diaryl/α,β-unsaturated/α-hetero) is 1. The average Bonchev–Trinajstić information content (AvgIpc) is 3.76. The summed E-state index contributed by atoms with van der Waals surface area (Å²) in [6.45, 7) is 0. The van der Waals surface area contributed by atoms with Gasteiger partial charge in [-0.15, -0.1) is 5.10 Å². The largest absolute Gasteiger partial charge is 0.480 e. The third-order valence-corrected chi connectivity index (χ3v) is 7.73. The van der Waals surface area contributed by atoms with Crippen LogP contribution in [0.25, 0.3) is 5.69 Å². The predicted molar refractivity (Wildman–Crippen MR) is 133 cm³/mol. The molecule has 35 heavy (non-hydrogen) atoms. The Hall–Kier alpha value is -2.86. The topological polar surface area (TPSA) is 98.0 Å². The molecule has 10 heteroatoms. The number of carbonyl (C=O) groups excluding carboxylic acids is 1. The van der Waals surface area contributed by atoms with Crippen LogP contribution in [0, 0.1) is 17.3 Å². The molecule has 0 radical (unpaired) electrons. The third kappa shape index (κ3) is 5.37. The lowest BCUT2D eigenvalue weighted by molar-refractivity contribution is -0.141. The lowest BCUT2D eigenvalue weighted by atomic mass is 10.1. The second kappa shape index (κ2) is 9.65. The fourth-order valence-electron chi connectivity index (χ4n) is 3.67. The van der Waals surface area contributed by atoms with Gasteiger partial charge in [-0.25, -0.2) is 0 Å². The lowest BCUT2D eigenvalue weighted by Crippen LogP contribution is -2.11. The van der Waals surface area contributed by atoms with Crippen molar-refractivity contribution in [1.82, 2.24) is 20.2 Å². The summed E-state index contributed by atoms with van der Waals surface area (Å²) in [5, 5.41) is 22.5. The molecule has 0 amide bonds. The molecule has 0 bridgehead atoms. The zero-order chi connectivity index (χ0) is 24.6. The van der Waals surface area contributed by atoms with Crippen LogP contribution in [-0.4, -0.2) is 42.8 Å². The average molecular weight is 527 g/mol. The van der Waals surface area contributed by atoms with Gasteiger partial charge in [0.15, 0.2) is 0 Å². The standard InChI is InChI=1S/C25H20Cl2N4O3S/c26-20-11-15(7-8-25(9-10-25)23(33)34)1-2-18(20)12-19(32)14-35-24-28-29-30-31(24)22-6-5-17(13-21(22)27)16-3-4-16/h1-2,5-6,11,13,16H,3-4,9-10,12,14H2,(H,33,34). The first-order valence-corrected chi connectivity index (χ1v) is 12.9. The van der Waals surface area contributed by atoms with Gasteiger partial charge in [0.05, 0.1) is 16.5 Å². The Bertz CT molecular complexity index is 1390. The van der Waals surface area contributed by atoms with Crippen molar-refractivity contribution < 1.29 is 14.7 Å². The number of carboxylic acids is 1. The molecule has 2 aliphatic carbocycles. The highest BCUT2D eigenvalue weighted by molar-refractivity contribution is 7.99. The SMILES string of the molecule is O=C(CSc1nnnn1-c1ccc(C2CC2)cc1Cl)Cc1ccc(C#CC2(C(=O)O)CC2)cc1Cl. The van der Waals surface area contributed by atoms with Crippen molar-refractivity contribution >= 4 is 46.7 Å². The van der Waals surface area contributed by atoms with Crippen molar-refractivity contribution in [3.8, 4) is 17.5 Å². The Morgan fingerprint density at radius 2 is 1.94 bits per heavy atom. The first-order chi connectivity index (χ1) is 16.8. The summed E-state index contributed by atoms with van der Waals surface area (Å²) in [4.78, 5) is 23.9. The van der Waals surface area contributed by atoms with Gasteiger partial charge in [-0.05, 0) is 77.4 Å². The second-order valence-corrected chi connectivity index (χ2v) is 10.6. The minimum absolute atomic E-state index is 0.0386. The molecule has 178 valence electrons. The summed E-state index contributed by atoms with van der Waals surface area (Å²) in [6, 6.07) is 11.1. The summed E-state index contributed by atoms with van der Waals surface area (Å²) in [5.41, 5.74) is 2.28. The Morgan fingerprint density at radius 3 is 2.60 bits per heavy atom. The number of ketones is 1. The van der Waals surface area contributed by atoms with Crippen LogP contribution in [0.2, 0.25) is 10.0 Å². The van der Waals surface area contributed by atoms with Gasteiger partial charge in [0, 0.05) is 17.0 Å². The number of thioether (sulfide) groups is 1. The van der Waals surface area contributed by atoms with Crippen LogP contribution in [-0.2, 0) is 16.0 Å². The molecule has 1 aromatic heterocycles. The predicted octanol–water partition coefficient (Wildman–Crippen LogP) is 4.97. The van der Waals surface area contributed by atoms with Gasteiger partial charge in [-0.2, -0.15) is 4.68 Å². The van der Waals surface area contributed by atoms with Gasteiger partial charge >= 0.3 is 5.97 Å². The van der Waals surface area contributed by atoms with E-state index in [0.29, 0.717) is 50.8 Å². The van der Waals surface area contributed by atoms with E-state index in [2.05, 4.69) is 27.4 Å². The van der Waals surface area contributed by atoms with Crippen LogP contribution in [0.5, 0.6) is 0 Å². The number of aromatic nitrogens is 4. The number of tetrazole rings is 1. The van der Waals surface area contributed by atoms with Crippen molar-refractivity contribution in [3.05, 3.63) is 63.1 Å². The number of hydrogen-bond acceptors (Lipinski definition) is 6. The molecule has 0 spiro atoms. The van der Waals surface area contributed by atoms with Gasteiger partial charge in [-0.3, -0.25) is 9.59 Å². The van der Waals surface area contributed by atoms with E-state index in [1.165, 1.54) is 30.2 Å². The number of halogens is 2. The first-order valence-electron chi connectivity index (χ1n) is 11.1. The monoisotopic (exact) mass is 526 g/mol. The first kappa shape index (κ1) is 23.9. The molecule has 2 saturated carbocycles. The van der Waals surface area contributed by atoms with Crippen molar-refractivity contribution in [2.45, 2.75) is 43.2 Å². The van der Waals surface area contributed by atoms with E-state index < -0.39 is 11.4 Å². The van der Waals surface area contributed by atoms with Crippen molar-refractivity contribution in [2.24, 2.45) is 5.41 Å². The highest BCUT2D eigenvalue weighted by Gasteiger charge is 2.49. The fourth-order valence-corrected chi connectivity index (χ4v) is 4.93. The van der Waals surface area contributed by atoms with Crippen molar-refractivity contribution in [1.29, 1.82) is 0 Å². The molecule has 0 atom stereocenters. The van der Waals surface area contributed by atoms with Crippen LogP contribution >= 0.6 is 35.0 Å². The summed E-state index contributed by atoms with van der Waals surface area (Å²) in [6.07, 6.45) is 3.66. The van der Waals surface area contributed by atoms with Crippen LogP contribution < -0.4 is 0 Å². The Balaban J connectivity index is 1.21. The Kier molecular flexibility index (Phi) is 6.58. The maximum absolute atomic E-state index is 12.6. The number of benzene rings is 2. The lowest BCUT2D eigenvalue weighted by Gasteiger charge is -2.08. The second-order valence-electron chi connectivity index (χ2n) is 8.81. The quantitative estimate of drug-likeness (QED) is 0.326. The molecule has 1 N–H and O–H groups in total. The molecule has 0 aliphatic heterocycles. The fraction of sp³-hybridized carbons (Fsp3) is 0.320. The Labute approximate surface area is 216 Å². The zero-order valence-electron chi connectivity index (χ0n) is 18.5. The number of hydrogen-bond donors (Lipinski definition) is 1. The number of nitrogens with zero attached hydrogens (tertiary/aromatic N) is 4. The summed E-state index contributed by atoms with van der Waals surface area (Å²) >= 11 is 14.1. The molecule has 0 unspecified atom stereocenters. The molecule has 2 aromatic carbocycles. The number of carboxylic acid groups (broad SMARTS) is 1. The van der Waals surface area contributed by atoms with Crippen LogP contribution in [0.4, 0.5) is 0 Å². The normalized spacial score (nSPS) is 15.8. The molecule has 0 saturated heterocycles. The van der Waals surface area contributed by atoms with Gasteiger partial charge < -0.3 is 5.11 Å². The molecular formula is C25H20Cl2N4O3S. The molecular weight excluding hydrogens is 507 g/mol. The van der Waals surface area contributed by atoms with Crippen molar-refractivity contribution in [2.75, 3.05) is 5.75 Å². The van der Waals surface area contributed by atoms with Crippen LogP contribution in [0.15, 0.2) is 41.6 Å². The van der Waals surface area contributed by atoms with Crippen LogP contribution in [0.1, 0.15) is 48.3 Å². The number of carbonyl (C=O) groups is 2. The molecule has 5 rings (SSSR count).